The standard InChI is InChI=1S/C15H23NO4/c1-3-16-10-12-8-14-15(20-11-19-14)9-13(12)18-7-5-6-17-4-2/h8-9,16H,3-7,10-11H2,1-2H3. The average molecular weight is 281 g/mol. The van der Waals surface area contributed by atoms with Crippen LogP contribution >= 0.6 is 0 Å². The van der Waals surface area contributed by atoms with Crippen LogP contribution in [0.1, 0.15) is 25.8 Å². The Morgan fingerprint density at radius 2 is 1.95 bits per heavy atom. The molecule has 1 heterocycles. The summed E-state index contributed by atoms with van der Waals surface area (Å²) in [6.45, 7) is 8.14. The smallest absolute Gasteiger partial charge is 0.231 e. The summed E-state index contributed by atoms with van der Waals surface area (Å²) in [5.41, 5.74) is 1.09. The van der Waals surface area contributed by atoms with Gasteiger partial charge in [-0.3, -0.25) is 0 Å². The van der Waals surface area contributed by atoms with Crippen molar-refractivity contribution < 1.29 is 18.9 Å². The maximum atomic E-state index is 5.85. The minimum absolute atomic E-state index is 0.282. The molecule has 0 spiro atoms. The molecule has 0 aromatic heterocycles. The number of rotatable bonds is 9. The SMILES string of the molecule is CCNCc1cc2c(cc1OCCCOCC)OCO2. The molecule has 0 fully saturated rings. The average Bonchev–Trinajstić information content (AvgIpc) is 2.91. The summed E-state index contributed by atoms with van der Waals surface area (Å²) < 4.78 is 22.0. The quantitative estimate of drug-likeness (QED) is 0.704. The molecule has 0 atom stereocenters. The Morgan fingerprint density at radius 1 is 1.15 bits per heavy atom. The van der Waals surface area contributed by atoms with Gasteiger partial charge in [0.05, 0.1) is 6.61 Å². The van der Waals surface area contributed by atoms with E-state index in [-0.39, 0.29) is 6.79 Å². The van der Waals surface area contributed by atoms with Gasteiger partial charge in [0.15, 0.2) is 11.5 Å². The van der Waals surface area contributed by atoms with E-state index >= 15 is 0 Å². The number of nitrogens with one attached hydrogen (secondary N) is 1. The fourth-order valence-corrected chi connectivity index (χ4v) is 1.99. The monoisotopic (exact) mass is 281 g/mol. The molecule has 112 valence electrons. The van der Waals surface area contributed by atoms with Gasteiger partial charge < -0.3 is 24.3 Å². The van der Waals surface area contributed by atoms with E-state index in [0.717, 1.165) is 55.5 Å². The molecule has 0 saturated carbocycles. The number of hydrogen-bond donors (Lipinski definition) is 1. The molecule has 0 amide bonds. The lowest BCUT2D eigenvalue weighted by atomic mass is 10.1. The first-order valence-corrected chi connectivity index (χ1v) is 7.19. The molecule has 0 aliphatic carbocycles. The van der Waals surface area contributed by atoms with E-state index in [1.807, 2.05) is 19.1 Å². The minimum Gasteiger partial charge on any atom is -0.493 e. The topological polar surface area (TPSA) is 49.0 Å². The number of benzene rings is 1. The second-order valence-corrected chi connectivity index (χ2v) is 4.49. The van der Waals surface area contributed by atoms with Crippen molar-refractivity contribution in [2.75, 3.05) is 33.2 Å². The summed E-state index contributed by atoms with van der Waals surface area (Å²) in [4.78, 5) is 0. The van der Waals surface area contributed by atoms with Gasteiger partial charge in [-0.25, -0.2) is 0 Å². The second-order valence-electron chi connectivity index (χ2n) is 4.49. The molecule has 20 heavy (non-hydrogen) atoms. The highest BCUT2D eigenvalue weighted by Gasteiger charge is 2.17. The van der Waals surface area contributed by atoms with Crippen LogP contribution in [0.15, 0.2) is 12.1 Å². The molecule has 0 bridgehead atoms. The summed E-state index contributed by atoms with van der Waals surface area (Å²) in [6.07, 6.45) is 0.878. The molecule has 0 unspecified atom stereocenters. The summed E-state index contributed by atoms with van der Waals surface area (Å²) >= 11 is 0. The number of fused-ring (bicyclic) bond motifs is 1. The lowest BCUT2D eigenvalue weighted by molar-refractivity contribution is 0.130. The van der Waals surface area contributed by atoms with Crippen LogP contribution in [0.5, 0.6) is 17.2 Å². The van der Waals surface area contributed by atoms with Crippen LogP contribution in [0.4, 0.5) is 0 Å². The van der Waals surface area contributed by atoms with Crippen LogP contribution in [-0.2, 0) is 11.3 Å². The van der Waals surface area contributed by atoms with Crippen LogP contribution < -0.4 is 19.5 Å². The van der Waals surface area contributed by atoms with E-state index < -0.39 is 0 Å². The summed E-state index contributed by atoms with van der Waals surface area (Å²) in [6, 6.07) is 3.90. The first-order chi connectivity index (χ1) is 9.85. The number of hydrogen-bond acceptors (Lipinski definition) is 5. The first-order valence-electron chi connectivity index (χ1n) is 7.19. The van der Waals surface area contributed by atoms with Crippen molar-refractivity contribution in [2.24, 2.45) is 0 Å². The molecule has 1 aliphatic rings. The third-order valence-corrected chi connectivity index (χ3v) is 3.02. The molecule has 1 aromatic carbocycles. The van der Waals surface area contributed by atoms with E-state index in [1.165, 1.54) is 0 Å². The molecule has 2 rings (SSSR count). The van der Waals surface area contributed by atoms with E-state index in [9.17, 15) is 0 Å². The molecule has 5 nitrogen and oxygen atoms in total. The van der Waals surface area contributed by atoms with Gasteiger partial charge in [0.25, 0.3) is 0 Å². The van der Waals surface area contributed by atoms with Crippen LogP contribution in [0.25, 0.3) is 0 Å². The normalized spacial score (nSPS) is 12.7. The highest BCUT2D eigenvalue weighted by atomic mass is 16.7. The van der Waals surface area contributed by atoms with Crippen molar-refractivity contribution in [1.82, 2.24) is 5.32 Å². The van der Waals surface area contributed by atoms with Crippen LogP contribution in [-0.4, -0.2) is 33.2 Å². The maximum Gasteiger partial charge on any atom is 0.231 e. The fourth-order valence-electron chi connectivity index (χ4n) is 1.99. The Morgan fingerprint density at radius 3 is 2.70 bits per heavy atom. The lowest BCUT2D eigenvalue weighted by Crippen LogP contribution is -2.13. The highest BCUT2D eigenvalue weighted by Crippen LogP contribution is 2.38. The predicted molar refractivity (Wildman–Crippen MR) is 76.6 cm³/mol. The zero-order valence-corrected chi connectivity index (χ0v) is 12.2. The van der Waals surface area contributed by atoms with E-state index in [1.54, 1.807) is 0 Å². The van der Waals surface area contributed by atoms with Crippen molar-refractivity contribution in [1.29, 1.82) is 0 Å². The Hall–Kier alpha value is -1.46. The van der Waals surface area contributed by atoms with E-state index in [2.05, 4.69) is 12.2 Å². The molecule has 1 N–H and O–H groups in total. The maximum absolute atomic E-state index is 5.85. The Balaban J connectivity index is 1.97. The predicted octanol–water partition coefficient (Wildman–Crippen LogP) is 2.33. The Kier molecular flexibility index (Phi) is 5.95. The van der Waals surface area contributed by atoms with Crippen molar-refractivity contribution >= 4 is 0 Å². The Bertz CT molecular complexity index is 423. The molecule has 1 aliphatic heterocycles. The van der Waals surface area contributed by atoms with Crippen LogP contribution in [0.3, 0.4) is 0 Å². The zero-order chi connectivity index (χ0) is 14.2. The van der Waals surface area contributed by atoms with Gasteiger partial charge in [0.2, 0.25) is 6.79 Å². The highest BCUT2D eigenvalue weighted by molar-refractivity contribution is 5.51. The van der Waals surface area contributed by atoms with E-state index in [4.69, 9.17) is 18.9 Å². The van der Waals surface area contributed by atoms with Gasteiger partial charge in [-0.2, -0.15) is 0 Å². The summed E-state index contributed by atoms with van der Waals surface area (Å²) in [5.74, 6) is 2.40. The minimum atomic E-state index is 0.282. The molecule has 1 aromatic rings. The zero-order valence-electron chi connectivity index (χ0n) is 12.2. The van der Waals surface area contributed by atoms with Gasteiger partial charge in [0.1, 0.15) is 5.75 Å². The molecular formula is C15H23NO4. The van der Waals surface area contributed by atoms with Crippen molar-refractivity contribution in [3.8, 4) is 17.2 Å². The van der Waals surface area contributed by atoms with Crippen molar-refractivity contribution in [3.05, 3.63) is 17.7 Å². The molecule has 0 radical (unpaired) electrons. The van der Waals surface area contributed by atoms with Crippen molar-refractivity contribution in [3.63, 3.8) is 0 Å². The Labute approximate surface area is 120 Å². The second kappa shape index (κ2) is 7.97. The van der Waals surface area contributed by atoms with Gasteiger partial charge in [-0.15, -0.1) is 0 Å². The largest absolute Gasteiger partial charge is 0.493 e. The number of ether oxygens (including phenoxy) is 4. The molecule has 5 heteroatoms. The van der Waals surface area contributed by atoms with E-state index in [0.29, 0.717) is 6.61 Å². The first kappa shape index (κ1) is 14.9. The summed E-state index contributed by atoms with van der Waals surface area (Å²) in [5, 5.41) is 3.31. The van der Waals surface area contributed by atoms with Gasteiger partial charge in [0, 0.05) is 37.8 Å². The van der Waals surface area contributed by atoms with Gasteiger partial charge >= 0.3 is 0 Å². The van der Waals surface area contributed by atoms with Gasteiger partial charge in [-0.05, 0) is 19.5 Å². The van der Waals surface area contributed by atoms with Crippen LogP contribution in [0, 0.1) is 0 Å². The van der Waals surface area contributed by atoms with Gasteiger partial charge in [-0.1, -0.05) is 6.92 Å². The third kappa shape index (κ3) is 4.02. The fraction of sp³-hybridized carbons (Fsp3) is 0.600. The van der Waals surface area contributed by atoms with Crippen LogP contribution in [0.2, 0.25) is 0 Å². The molecule has 0 saturated heterocycles. The molecular weight excluding hydrogens is 258 g/mol. The van der Waals surface area contributed by atoms with Crippen molar-refractivity contribution in [2.45, 2.75) is 26.8 Å². The lowest BCUT2D eigenvalue weighted by Gasteiger charge is -2.13. The third-order valence-electron chi connectivity index (χ3n) is 3.02. The summed E-state index contributed by atoms with van der Waals surface area (Å²) in [7, 11) is 0.